The van der Waals surface area contributed by atoms with Gasteiger partial charge in [-0.2, -0.15) is 0 Å². The van der Waals surface area contributed by atoms with E-state index in [2.05, 4.69) is 10.1 Å². The Labute approximate surface area is 77.0 Å². The van der Waals surface area contributed by atoms with E-state index in [4.69, 9.17) is 0 Å². The molecule has 0 spiro atoms. The fourth-order valence-corrected chi connectivity index (χ4v) is 1.45. The Morgan fingerprint density at radius 1 is 1.38 bits per heavy atom. The van der Waals surface area contributed by atoms with Gasteiger partial charge in [-0.25, -0.2) is 8.78 Å². The van der Waals surface area contributed by atoms with Crippen LogP contribution in [-0.2, 0) is 4.74 Å². The van der Waals surface area contributed by atoms with Crippen molar-refractivity contribution in [2.45, 2.75) is 5.92 Å². The molecule has 1 aliphatic heterocycles. The minimum Gasteiger partial charge on any atom is -0.378 e. The number of alkyl halides is 2. The SMILES string of the molecule is COCC(F)(F)CN1CCNCC1. The number of ether oxygens (including phenoxy) is 1. The first kappa shape index (κ1) is 10.8. The van der Waals surface area contributed by atoms with E-state index in [-0.39, 0.29) is 6.54 Å². The molecule has 0 aromatic rings. The summed E-state index contributed by atoms with van der Waals surface area (Å²) in [5, 5.41) is 3.11. The summed E-state index contributed by atoms with van der Waals surface area (Å²) in [7, 11) is 1.30. The van der Waals surface area contributed by atoms with Gasteiger partial charge in [0, 0.05) is 33.3 Å². The van der Waals surface area contributed by atoms with Crippen LogP contribution in [0.2, 0.25) is 0 Å². The maximum absolute atomic E-state index is 13.0. The van der Waals surface area contributed by atoms with Crippen LogP contribution in [0.15, 0.2) is 0 Å². The molecule has 13 heavy (non-hydrogen) atoms. The third-order valence-electron chi connectivity index (χ3n) is 2.02. The molecule has 0 amide bonds. The van der Waals surface area contributed by atoms with E-state index in [1.165, 1.54) is 7.11 Å². The zero-order valence-corrected chi connectivity index (χ0v) is 7.85. The van der Waals surface area contributed by atoms with E-state index in [1.54, 1.807) is 4.90 Å². The van der Waals surface area contributed by atoms with E-state index in [9.17, 15) is 8.78 Å². The summed E-state index contributed by atoms with van der Waals surface area (Å²) in [4.78, 5) is 1.76. The van der Waals surface area contributed by atoms with Crippen LogP contribution in [-0.4, -0.2) is 57.3 Å². The molecule has 1 heterocycles. The van der Waals surface area contributed by atoms with E-state index in [1.807, 2.05) is 0 Å². The van der Waals surface area contributed by atoms with Crippen LogP contribution >= 0.6 is 0 Å². The van der Waals surface area contributed by atoms with Crippen LogP contribution < -0.4 is 5.32 Å². The maximum Gasteiger partial charge on any atom is 0.283 e. The lowest BCUT2D eigenvalue weighted by molar-refractivity contribution is -0.0853. The average Bonchev–Trinajstić information content (AvgIpc) is 2.04. The summed E-state index contributed by atoms with van der Waals surface area (Å²) >= 11 is 0. The third kappa shape index (κ3) is 3.97. The third-order valence-corrected chi connectivity index (χ3v) is 2.02. The molecule has 0 aromatic carbocycles. The molecule has 78 valence electrons. The van der Waals surface area contributed by atoms with Crippen LogP contribution in [0.4, 0.5) is 8.78 Å². The molecular weight excluding hydrogens is 178 g/mol. The van der Waals surface area contributed by atoms with Gasteiger partial charge in [0.1, 0.15) is 6.61 Å². The highest BCUT2D eigenvalue weighted by atomic mass is 19.3. The fraction of sp³-hybridized carbons (Fsp3) is 1.00. The van der Waals surface area contributed by atoms with Gasteiger partial charge in [-0.3, -0.25) is 4.90 Å². The molecule has 1 fully saturated rings. The van der Waals surface area contributed by atoms with E-state index in [0.717, 1.165) is 13.1 Å². The second-order valence-electron chi connectivity index (χ2n) is 3.32. The highest BCUT2D eigenvalue weighted by Crippen LogP contribution is 2.15. The molecule has 1 aliphatic rings. The van der Waals surface area contributed by atoms with Gasteiger partial charge in [0.15, 0.2) is 0 Å². The monoisotopic (exact) mass is 194 g/mol. The van der Waals surface area contributed by atoms with Gasteiger partial charge in [0.2, 0.25) is 0 Å². The van der Waals surface area contributed by atoms with Crippen molar-refractivity contribution in [1.82, 2.24) is 10.2 Å². The molecule has 0 aliphatic carbocycles. The molecule has 0 radical (unpaired) electrons. The summed E-state index contributed by atoms with van der Waals surface area (Å²) in [6.45, 7) is 2.30. The van der Waals surface area contributed by atoms with Gasteiger partial charge in [-0.1, -0.05) is 0 Å². The van der Waals surface area contributed by atoms with Crippen molar-refractivity contribution in [2.75, 3.05) is 46.4 Å². The van der Waals surface area contributed by atoms with Gasteiger partial charge in [0.05, 0.1) is 6.54 Å². The van der Waals surface area contributed by atoms with Crippen molar-refractivity contribution in [2.24, 2.45) is 0 Å². The van der Waals surface area contributed by atoms with Crippen LogP contribution in [0.1, 0.15) is 0 Å². The summed E-state index contributed by atoms with van der Waals surface area (Å²) in [6.07, 6.45) is 0. The molecule has 1 rings (SSSR count). The lowest BCUT2D eigenvalue weighted by Gasteiger charge is -2.30. The Bertz CT molecular complexity index is 149. The second-order valence-corrected chi connectivity index (χ2v) is 3.32. The number of nitrogens with zero attached hydrogens (tertiary/aromatic N) is 1. The van der Waals surface area contributed by atoms with Crippen molar-refractivity contribution in [3.05, 3.63) is 0 Å². The minimum atomic E-state index is -2.72. The summed E-state index contributed by atoms with van der Waals surface area (Å²) < 4.78 is 30.5. The Balaban J connectivity index is 2.28. The first-order valence-corrected chi connectivity index (χ1v) is 4.44. The van der Waals surface area contributed by atoms with Crippen molar-refractivity contribution in [3.8, 4) is 0 Å². The summed E-state index contributed by atoms with van der Waals surface area (Å²) in [5.41, 5.74) is 0. The Hall–Kier alpha value is -0.260. The summed E-state index contributed by atoms with van der Waals surface area (Å²) in [6, 6.07) is 0. The van der Waals surface area contributed by atoms with E-state index < -0.39 is 12.5 Å². The summed E-state index contributed by atoms with van der Waals surface area (Å²) in [5.74, 6) is -2.72. The predicted molar refractivity (Wildman–Crippen MR) is 46.1 cm³/mol. The van der Waals surface area contributed by atoms with E-state index >= 15 is 0 Å². The lowest BCUT2D eigenvalue weighted by Crippen LogP contribution is -2.49. The second kappa shape index (κ2) is 4.83. The Kier molecular flexibility index (Phi) is 4.02. The largest absolute Gasteiger partial charge is 0.378 e. The average molecular weight is 194 g/mol. The first-order valence-electron chi connectivity index (χ1n) is 4.44. The molecule has 1 saturated heterocycles. The number of hydrogen-bond donors (Lipinski definition) is 1. The smallest absolute Gasteiger partial charge is 0.283 e. The molecule has 0 atom stereocenters. The van der Waals surface area contributed by atoms with Gasteiger partial charge in [-0.05, 0) is 0 Å². The van der Waals surface area contributed by atoms with Crippen LogP contribution in [0, 0.1) is 0 Å². The highest BCUT2D eigenvalue weighted by molar-refractivity contribution is 4.75. The predicted octanol–water partition coefficient (Wildman–Crippen LogP) is 0.173. The Morgan fingerprint density at radius 2 is 2.00 bits per heavy atom. The molecular formula is C8H16F2N2O. The van der Waals surface area contributed by atoms with Gasteiger partial charge < -0.3 is 10.1 Å². The molecule has 0 saturated carbocycles. The van der Waals surface area contributed by atoms with Gasteiger partial charge >= 0.3 is 0 Å². The molecule has 0 bridgehead atoms. The van der Waals surface area contributed by atoms with Crippen LogP contribution in [0.5, 0.6) is 0 Å². The normalized spacial score (nSPS) is 20.5. The standard InChI is InChI=1S/C8H16F2N2O/c1-13-7-8(9,10)6-12-4-2-11-3-5-12/h11H,2-7H2,1H3. The lowest BCUT2D eigenvalue weighted by atomic mass is 10.3. The molecule has 1 N–H and O–H groups in total. The van der Waals surface area contributed by atoms with Gasteiger partial charge in [-0.15, -0.1) is 0 Å². The quantitative estimate of drug-likeness (QED) is 0.690. The zero-order valence-electron chi connectivity index (χ0n) is 7.85. The molecule has 5 heteroatoms. The van der Waals surface area contributed by atoms with Gasteiger partial charge in [0.25, 0.3) is 5.92 Å². The number of halogens is 2. The molecule has 3 nitrogen and oxygen atoms in total. The van der Waals surface area contributed by atoms with E-state index in [0.29, 0.717) is 13.1 Å². The van der Waals surface area contributed by atoms with Crippen molar-refractivity contribution in [3.63, 3.8) is 0 Å². The zero-order chi connectivity index (χ0) is 9.73. The Morgan fingerprint density at radius 3 is 2.54 bits per heavy atom. The number of methoxy groups -OCH3 is 1. The number of hydrogen-bond acceptors (Lipinski definition) is 3. The maximum atomic E-state index is 13.0. The van der Waals surface area contributed by atoms with Crippen LogP contribution in [0.25, 0.3) is 0 Å². The highest BCUT2D eigenvalue weighted by Gasteiger charge is 2.31. The van der Waals surface area contributed by atoms with Crippen LogP contribution in [0.3, 0.4) is 0 Å². The molecule has 0 unspecified atom stereocenters. The minimum absolute atomic E-state index is 0.192. The number of rotatable bonds is 4. The van der Waals surface area contributed by atoms with Crippen molar-refractivity contribution in [1.29, 1.82) is 0 Å². The number of nitrogens with one attached hydrogen (secondary N) is 1. The number of piperazine rings is 1. The molecule has 0 aromatic heterocycles. The van der Waals surface area contributed by atoms with Crippen molar-refractivity contribution < 1.29 is 13.5 Å². The fourth-order valence-electron chi connectivity index (χ4n) is 1.45. The first-order chi connectivity index (χ1) is 6.14. The van der Waals surface area contributed by atoms with Crippen molar-refractivity contribution >= 4 is 0 Å². The topological polar surface area (TPSA) is 24.5 Å².